The number of aryl methyl sites for hydroxylation is 2. The molecule has 3 rings (SSSR count). The number of pyridine rings is 1. The lowest BCUT2D eigenvalue weighted by molar-refractivity contribution is -0.671. The Kier molecular flexibility index (Phi) is 3.71. The molecule has 0 aliphatic carbocycles. The molecule has 0 saturated carbocycles. The minimum Gasteiger partial charge on any atom is -1.00 e. The van der Waals surface area contributed by atoms with Crippen molar-refractivity contribution in [1.82, 2.24) is 0 Å². The molecule has 2 aromatic heterocycles. The van der Waals surface area contributed by atoms with Gasteiger partial charge in [0.05, 0.1) is 6.26 Å². The summed E-state index contributed by atoms with van der Waals surface area (Å²) in [7, 11) is 2.02. The summed E-state index contributed by atoms with van der Waals surface area (Å²) in [6, 6.07) is 10.5. The van der Waals surface area contributed by atoms with Gasteiger partial charge in [0.1, 0.15) is 12.6 Å². The van der Waals surface area contributed by atoms with Gasteiger partial charge in [-0.05, 0) is 24.6 Å². The summed E-state index contributed by atoms with van der Waals surface area (Å²) in [5, 5.41) is 1.18. The second-order valence-electron chi connectivity index (χ2n) is 4.40. The Labute approximate surface area is 123 Å². The molecule has 0 unspecified atom stereocenters. The van der Waals surface area contributed by atoms with Gasteiger partial charge >= 0.3 is 0 Å². The van der Waals surface area contributed by atoms with Crippen molar-refractivity contribution in [3.8, 4) is 11.1 Å². The average Bonchev–Trinajstić information content (AvgIpc) is 2.73. The molecule has 2 heterocycles. The van der Waals surface area contributed by atoms with Crippen LogP contribution in [0.5, 0.6) is 0 Å². The number of rotatable bonds is 1. The first-order chi connectivity index (χ1) is 8.24. The fourth-order valence-corrected chi connectivity index (χ4v) is 2.05. The van der Waals surface area contributed by atoms with Crippen LogP contribution >= 0.6 is 0 Å². The van der Waals surface area contributed by atoms with E-state index in [0.717, 1.165) is 11.1 Å². The molecule has 0 N–H and O–H groups in total. The fraction of sp³-hybridized carbons (Fsp3) is 0.133. The number of furan rings is 1. The lowest BCUT2D eigenvalue weighted by Gasteiger charge is -1.97. The van der Waals surface area contributed by atoms with Gasteiger partial charge in [-0.1, -0.05) is 11.6 Å². The maximum absolute atomic E-state index is 5.58. The summed E-state index contributed by atoms with van der Waals surface area (Å²) in [5.74, 6) is 0. The van der Waals surface area contributed by atoms with Gasteiger partial charge in [-0.3, -0.25) is 0 Å². The van der Waals surface area contributed by atoms with Crippen LogP contribution in [0.2, 0.25) is 0 Å². The molecule has 3 aromatic rings. The molecule has 0 saturated heterocycles. The highest BCUT2D eigenvalue weighted by molar-refractivity contribution is 5.94. The Balaban J connectivity index is 0.00000120. The van der Waals surface area contributed by atoms with Crippen LogP contribution in [-0.4, -0.2) is 0 Å². The van der Waals surface area contributed by atoms with Crippen molar-refractivity contribution in [2.45, 2.75) is 6.92 Å². The van der Waals surface area contributed by atoms with Gasteiger partial charge in [0.15, 0.2) is 12.4 Å². The molecule has 0 amide bonds. The molecular weight excluding hydrogens is 337 g/mol. The van der Waals surface area contributed by atoms with Gasteiger partial charge in [0, 0.05) is 23.1 Å². The molecule has 0 fully saturated rings. The van der Waals surface area contributed by atoms with Crippen LogP contribution < -0.4 is 28.5 Å². The second kappa shape index (κ2) is 5.10. The van der Waals surface area contributed by atoms with Gasteiger partial charge < -0.3 is 28.4 Å². The van der Waals surface area contributed by atoms with E-state index in [1.54, 1.807) is 0 Å². The highest BCUT2D eigenvalue weighted by Crippen LogP contribution is 2.30. The van der Waals surface area contributed by atoms with Crippen LogP contribution in [0.25, 0.3) is 22.1 Å². The van der Waals surface area contributed by atoms with Crippen LogP contribution in [0.15, 0.2) is 53.4 Å². The van der Waals surface area contributed by atoms with Crippen LogP contribution in [0.4, 0.5) is 0 Å². The maximum atomic E-state index is 5.58. The fourth-order valence-electron chi connectivity index (χ4n) is 2.05. The third-order valence-electron chi connectivity index (χ3n) is 3.02. The van der Waals surface area contributed by atoms with Crippen LogP contribution in [-0.2, 0) is 7.05 Å². The first-order valence-electron chi connectivity index (χ1n) is 5.67. The standard InChI is InChI=1S/C15H14NO.HI/c1-11-3-4-15-13(9-11)14(10-17-15)12-5-7-16(2)8-6-12;/h3-10H,1-2H3;1H/q+1;/p-1. The van der Waals surface area contributed by atoms with E-state index < -0.39 is 0 Å². The number of nitrogens with zero attached hydrogens (tertiary/aromatic N) is 1. The molecule has 0 spiro atoms. The predicted molar refractivity (Wildman–Crippen MR) is 67.6 cm³/mol. The normalized spacial score (nSPS) is 10.3. The molecule has 0 radical (unpaired) electrons. The molecule has 2 nitrogen and oxygen atoms in total. The molecular formula is C15H14INO. The Morgan fingerprint density at radius 1 is 1.06 bits per heavy atom. The molecule has 0 atom stereocenters. The van der Waals surface area contributed by atoms with Gasteiger partial charge in [0.25, 0.3) is 0 Å². The topological polar surface area (TPSA) is 17.0 Å². The SMILES string of the molecule is Cc1ccc2occ(-c3cc[n+](C)cc3)c2c1.[I-]. The smallest absolute Gasteiger partial charge is 0.169 e. The molecule has 0 aliphatic rings. The van der Waals surface area contributed by atoms with Crippen LogP contribution in [0.1, 0.15) is 5.56 Å². The van der Waals surface area contributed by atoms with Crippen molar-refractivity contribution in [1.29, 1.82) is 0 Å². The van der Waals surface area contributed by atoms with Crippen molar-refractivity contribution in [2.24, 2.45) is 7.05 Å². The number of benzene rings is 1. The van der Waals surface area contributed by atoms with Crippen molar-refractivity contribution >= 4 is 11.0 Å². The minimum absolute atomic E-state index is 0. The van der Waals surface area contributed by atoms with E-state index in [1.807, 2.05) is 36.3 Å². The number of fused-ring (bicyclic) bond motifs is 1. The van der Waals surface area contributed by atoms with Crippen molar-refractivity contribution in [2.75, 3.05) is 0 Å². The van der Waals surface area contributed by atoms with E-state index in [9.17, 15) is 0 Å². The lowest BCUT2D eigenvalue weighted by Crippen LogP contribution is -3.00. The third kappa shape index (κ3) is 2.27. The van der Waals surface area contributed by atoms with E-state index in [1.165, 1.54) is 16.5 Å². The Morgan fingerprint density at radius 2 is 1.78 bits per heavy atom. The van der Waals surface area contributed by atoms with Crippen molar-refractivity contribution in [3.63, 3.8) is 0 Å². The van der Waals surface area contributed by atoms with Crippen molar-refractivity contribution in [3.05, 3.63) is 54.6 Å². The van der Waals surface area contributed by atoms with Gasteiger partial charge in [-0.15, -0.1) is 0 Å². The number of halogens is 1. The molecule has 0 aliphatic heterocycles. The lowest BCUT2D eigenvalue weighted by atomic mass is 10.0. The zero-order chi connectivity index (χ0) is 11.8. The predicted octanol–water partition coefficient (Wildman–Crippen LogP) is 0.237. The van der Waals surface area contributed by atoms with Gasteiger partial charge in [0.2, 0.25) is 0 Å². The second-order valence-corrected chi connectivity index (χ2v) is 4.40. The summed E-state index contributed by atoms with van der Waals surface area (Å²) in [6.45, 7) is 2.10. The molecule has 18 heavy (non-hydrogen) atoms. The summed E-state index contributed by atoms with van der Waals surface area (Å²) in [4.78, 5) is 0. The molecule has 3 heteroatoms. The number of hydrogen-bond acceptors (Lipinski definition) is 1. The Hall–Kier alpha value is -1.36. The van der Waals surface area contributed by atoms with E-state index in [-0.39, 0.29) is 24.0 Å². The first-order valence-corrected chi connectivity index (χ1v) is 5.67. The zero-order valence-corrected chi connectivity index (χ0v) is 12.5. The zero-order valence-electron chi connectivity index (χ0n) is 10.4. The van der Waals surface area contributed by atoms with E-state index in [2.05, 4.69) is 31.2 Å². The highest BCUT2D eigenvalue weighted by atomic mass is 127. The average molecular weight is 351 g/mol. The van der Waals surface area contributed by atoms with E-state index in [4.69, 9.17) is 4.42 Å². The molecule has 92 valence electrons. The van der Waals surface area contributed by atoms with E-state index in [0.29, 0.717) is 0 Å². The summed E-state index contributed by atoms with van der Waals surface area (Å²) in [5.41, 5.74) is 4.54. The summed E-state index contributed by atoms with van der Waals surface area (Å²) >= 11 is 0. The summed E-state index contributed by atoms with van der Waals surface area (Å²) in [6.07, 6.45) is 5.92. The van der Waals surface area contributed by atoms with Gasteiger partial charge in [-0.25, -0.2) is 4.57 Å². The minimum atomic E-state index is 0. The first kappa shape index (κ1) is 13.1. The third-order valence-corrected chi connectivity index (χ3v) is 3.02. The van der Waals surface area contributed by atoms with E-state index >= 15 is 0 Å². The number of hydrogen-bond donors (Lipinski definition) is 0. The number of aromatic nitrogens is 1. The Bertz CT molecular complexity index is 671. The maximum Gasteiger partial charge on any atom is 0.169 e. The molecule has 1 aromatic carbocycles. The summed E-state index contributed by atoms with van der Waals surface area (Å²) < 4.78 is 7.61. The highest BCUT2D eigenvalue weighted by Gasteiger charge is 2.08. The van der Waals surface area contributed by atoms with Crippen LogP contribution in [0.3, 0.4) is 0 Å². The monoisotopic (exact) mass is 351 g/mol. The van der Waals surface area contributed by atoms with Crippen molar-refractivity contribution < 1.29 is 33.0 Å². The van der Waals surface area contributed by atoms with Gasteiger partial charge in [-0.2, -0.15) is 0 Å². The Morgan fingerprint density at radius 3 is 2.50 bits per heavy atom. The molecule has 0 bridgehead atoms. The van der Waals surface area contributed by atoms with Crippen LogP contribution in [0, 0.1) is 6.92 Å². The largest absolute Gasteiger partial charge is 1.00 e. The quantitative estimate of drug-likeness (QED) is 0.454.